The van der Waals surface area contributed by atoms with Crippen LogP contribution in [-0.2, 0) is 6.42 Å². The summed E-state index contributed by atoms with van der Waals surface area (Å²) in [6.45, 7) is 4.19. The van der Waals surface area contributed by atoms with Crippen molar-refractivity contribution in [2.24, 2.45) is 0 Å². The molecular formula is C13H14BrClN2. The van der Waals surface area contributed by atoms with Crippen molar-refractivity contribution in [2.75, 3.05) is 12.4 Å². The van der Waals surface area contributed by atoms with Crippen molar-refractivity contribution in [3.63, 3.8) is 0 Å². The van der Waals surface area contributed by atoms with E-state index in [4.69, 9.17) is 11.6 Å². The number of rotatable bonds is 2. The highest BCUT2D eigenvalue weighted by atomic mass is 79.9. The van der Waals surface area contributed by atoms with Gasteiger partial charge in [-0.3, -0.25) is 4.98 Å². The van der Waals surface area contributed by atoms with Crippen LogP contribution >= 0.6 is 27.5 Å². The summed E-state index contributed by atoms with van der Waals surface area (Å²) < 4.78 is 0.969. The number of halogens is 2. The Labute approximate surface area is 115 Å². The van der Waals surface area contributed by atoms with E-state index in [1.165, 1.54) is 5.56 Å². The molecule has 0 amide bonds. The normalized spacial score (nSPS) is 10.9. The molecule has 2 rings (SSSR count). The molecule has 0 aliphatic rings. The van der Waals surface area contributed by atoms with E-state index >= 15 is 0 Å². The van der Waals surface area contributed by atoms with E-state index in [-0.39, 0.29) is 0 Å². The van der Waals surface area contributed by atoms with Gasteiger partial charge in [0.1, 0.15) is 0 Å². The standard InChI is InChI=1S/C13H14BrClN2/c1-4-11-7(2)12(16-3)9-5-8(14)6-10(15)13(9)17-11/h5-6H,4H2,1-3H3,(H,16,17). The van der Waals surface area contributed by atoms with Gasteiger partial charge in [-0.25, -0.2) is 0 Å². The molecule has 0 aliphatic heterocycles. The molecule has 0 radical (unpaired) electrons. The summed E-state index contributed by atoms with van der Waals surface area (Å²) >= 11 is 9.72. The molecule has 0 saturated heterocycles. The van der Waals surface area contributed by atoms with Crippen LogP contribution in [0.25, 0.3) is 10.9 Å². The lowest BCUT2D eigenvalue weighted by molar-refractivity contribution is 1.03. The fraction of sp³-hybridized carbons (Fsp3) is 0.308. The second-order valence-electron chi connectivity index (χ2n) is 3.95. The molecule has 0 saturated carbocycles. The van der Waals surface area contributed by atoms with Gasteiger partial charge in [0, 0.05) is 28.3 Å². The maximum Gasteiger partial charge on any atom is 0.0913 e. The maximum atomic E-state index is 6.25. The Morgan fingerprint density at radius 1 is 1.41 bits per heavy atom. The van der Waals surface area contributed by atoms with Crippen LogP contribution in [0.4, 0.5) is 5.69 Å². The lowest BCUT2D eigenvalue weighted by Crippen LogP contribution is -2.01. The zero-order valence-electron chi connectivity index (χ0n) is 10.1. The third-order valence-electron chi connectivity index (χ3n) is 2.94. The molecule has 0 bridgehead atoms. The Hall–Kier alpha value is -0.800. The summed E-state index contributed by atoms with van der Waals surface area (Å²) in [6, 6.07) is 3.93. The summed E-state index contributed by atoms with van der Waals surface area (Å²) in [5.41, 5.74) is 4.25. The van der Waals surface area contributed by atoms with E-state index in [1.807, 2.05) is 19.2 Å². The number of fused-ring (bicyclic) bond motifs is 1. The predicted molar refractivity (Wildman–Crippen MR) is 78.1 cm³/mol. The maximum absolute atomic E-state index is 6.25. The van der Waals surface area contributed by atoms with Gasteiger partial charge in [0.2, 0.25) is 0 Å². The number of pyridine rings is 1. The second kappa shape index (κ2) is 4.83. The summed E-state index contributed by atoms with van der Waals surface area (Å²) in [5, 5.41) is 4.99. The van der Waals surface area contributed by atoms with Gasteiger partial charge in [-0.05, 0) is 31.0 Å². The summed E-state index contributed by atoms with van der Waals surface area (Å²) in [4.78, 5) is 4.65. The summed E-state index contributed by atoms with van der Waals surface area (Å²) in [5.74, 6) is 0. The molecule has 90 valence electrons. The number of hydrogen-bond donors (Lipinski definition) is 1. The molecule has 0 fully saturated rings. The van der Waals surface area contributed by atoms with E-state index in [0.717, 1.165) is 33.2 Å². The number of benzene rings is 1. The highest BCUT2D eigenvalue weighted by Crippen LogP contribution is 2.34. The van der Waals surface area contributed by atoms with Gasteiger partial charge >= 0.3 is 0 Å². The minimum Gasteiger partial charge on any atom is -0.387 e. The first-order valence-electron chi connectivity index (χ1n) is 5.54. The van der Waals surface area contributed by atoms with Gasteiger partial charge in [0.15, 0.2) is 0 Å². The summed E-state index contributed by atoms with van der Waals surface area (Å²) in [6.07, 6.45) is 0.906. The van der Waals surface area contributed by atoms with E-state index in [0.29, 0.717) is 5.02 Å². The topological polar surface area (TPSA) is 24.9 Å². The van der Waals surface area contributed by atoms with Crippen LogP contribution in [-0.4, -0.2) is 12.0 Å². The van der Waals surface area contributed by atoms with Crippen LogP contribution < -0.4 is 5.32 Å². The fourth-order valence-corrected chi connectivity index (χ4v) is 2.95. The largest absolute Gasteiger partial charge is 0.387 e. The number of nitrogens with one attached hydrogen (secondary N) is 1. The van der Waals surface area contributed by atoms with Crippen molar-refractivity contribution in [1.82, 2.24) is 4.98 Å². The van der Waals surface area contributed by atoms with E-state index in [9.17, 15) is 0 Å². The van der Waals surface area contributed by atoms with Crippen LogP contribution in [0, 0.1) is 6.92 Å². The van der Waals surface area contributed by atoms with Gasteiger partial charge in [-0.1, -0.05) is 34.5 Å². The number of hydrogen-bond acceptors (Lipinski definition) is 2. The SMILES string of the molecule is CCc1nc2c(Cl)cc(Br)cc2c(NC)c1C. The molecule has 1 aromatic heterocycles. The molecule has 1 heterocycles. The van der Waals surface area contributed by atoms with E-state index < -0.39 is 0 Å². The summed E-state index contributed by atoms with van der Waals surface area (Å²) in [7, 11) is 1.93. The molecule has 4 heteroatoms. The van der Waals surface area contributed by atoms with Gasteiger partial charge in [0.05, 0.1) is 10.5 Å². The van der Waals surface area contributed by atoms with E-state index in [1.54, 1.807) is 0 Å². The van der Waals surface area contributed by atoms with Crippen LogP contribution in [0.5, 0.6) is 0 Å². The molecule has 17 heavy (non-hydrogen) atoms. The number of aryl methyl sites for hydroxylation is 1. The van der Waals surface area contributed by atoms with Crippen molar-refractivity contribution in [3.8, 4) is 0 Å². The zero-order chi connectivity index (χ0) is 12.6. The molecule has 0 spiro atoms. The third kappa shape index (κ3) is 2.14. The molecule has 1 aromatic carbocycles. The van der Waals surface area contributed by atoms with Gasteiger partial charge < -0.3 is 5.32 Å². The second-order valence-corrected chi connectivity index (χ2v) is 5.27. The quantitative estimate of drug-likeness (QED) is 0.879. The van der Waals surface area contributed by atoms with Crippen LogP contribution in [0.1, 0.15) is 18.2 Å². The highest BCUT2D eigenvalue weighted by Gasteiger charge is 2.12. The van der Waals surface area contributed by atoms with Crippen molar-refractivity contribution in [1.29, 1.82) is 0 Å². The van der Waals surface area contributed by atoms with Crippen molar-refractivity contribution >= 4 is 44.1 Å². The third-order valence-corrected chi connectivity index (χ3v) is 3.68. The Balaban J connectivity index is 2.92. The Kier molecular flexibility index (Phi) is 3.59. The molecule has 2 aromatic rings. The monoisotopic (exact) mass is 312 g/mol. The minimum absolute atomic E-state index is 0.681. The molecule has 1 N–H and O–H groups in total. The highest BCUT2D eigenvalue weighted by molar-refractivity contribution is 9.10. The fourth-order valence-electron chi connectivity index (χ4n) is 2.10. The average Bonchev–Trinajstić information content (AvgIpc) is 2.28. The molecule has 2 nitrogen and oxygen atoms in total. The Bertz CT molecular complexity index is 581. The molecule has 0 unspecified atom stereocenters. The first-order chi connectivity index (χ1) is 8.08. The van der Waals surface area contributed by atoms with Crippen molar-refractivity contribution in [3.05, 3.63) is 32.9 Å². The van der Waals surface area contributed by atoms with Crippen molar-refractivity contribution in [2.45, 2.75) is 20.3 Å². The minimum atomic E-state index is 0.681. The number of nitrogens with zero attached hydrogens (tertiary/aromatic N) is 1. The van der Waals surface area contributed by atoms with Crippen molar-refractivity contribution < 1.29 is 0 Å². The average molecular weight is 314 g/mol. The zero-order valence-corrected chi connectivity index (χ0v) is 12.4. The van der Waals surface area contributed by atoms with Gasteiger partial charge in [0.25, 0.3) is 0 Å². The first-order valence-corrected chi connectivity index (χ1v) is 6.71. The number of anilines is 1. The van der Waals surface area contributed by atoms with E-state index in [2.05, 4.69) is 40.1 Å². The Morgan fingerprint density at radius 3 is 2.71 bits per heavy atom. The Morgan fingerprint density at radius 2 is 2.12 bits per heavy atom. The van der Waals surface area contributed by atoms with Crippen LogP contribution in [0.15, 0.2) is 16.6 Å². The van der Waals surface area contributed by atoms with Gasteiger partial charge in [-0.2, -0.15) is 0 Å². The lowest BCUT2D eigenvalue weighted by atomic mass is 10.1. The predicted octanol–water partition coefficient (Wildman–Crippen LogP) is 4.56. The number of aromatic nitrogens is 1. The van der Waals surface area contributed by atoms with Crippen LogP contribution in [0.3, 0.4) is 0 Å². The molecular weight excluding hydrogens is 300 g/mol. The molecule has 0 aliphatic carbocycles. The van der Waals surface area contributed by atoms with Crippen LogP contribution in [0.2, 0.25) is 5.02 Å². The first kappa shape index (κ1) is 12.7. The lowest BCUT2D eigenvalue weighted by Gasteiger charge is -2.14. The van der Waals surface area contributed by atoms with Gasteiger partial charge in [-0.15, -0.1) is 0 Å². The molecule has 0 atom stereocenters. The smallest absolute Gasteiger partial charge is 0.0913 e.